The zero-order valence-corrected chi connectivity index (χ0v) is 16.7. The Morgan fingerprint density at radius 3 is 2.57 bits per heavy atom. The Morgan fingerprint density at radius 2 is 1.89 bits per heavy atom. The van der Waals surface area contributed by atoms with Crippen molar-refractivity contribution in [2.75, 3.05) is 20.2 Å². The van der Waals surface area contributed by atoms with Gasteiger partial charge in [0.05, 0.1) is 20.2 Å². The van der Waals surface area contributed by atoms with Crippen molar-refractivity contribution in [2.24, 2.45) is 4.99 Å². The van der Waals surface area contributed by atoms with Crippen LogP contribution in [-0.4, -0.2) is 47.6 Å². The SMILES string of the molecule is COc1cccc(/C(=C/C2=NCCN2C(=O)OC(C)(C)C)c2ccncc2)c1. The lowest BCUT2D eigenvalue weighted by Crippen LogP contribution is -2.38. The Labute approximate surface area is 165 Å². The van der Waals surface area contributed by atoms with Crippen LogP contribution in [0.2, 0.25) is 0 Å². The van der Waals surface area contributed by atoms with Crippen LogP contribution in [0.5, 0.6) is 5.75 Å². The third kappa shape index (κ3) is 4.76. The highest BCUT2D eigenvalue weighted by molar-refractivity contribution is 6.09. The fourth-order valence-corrected chi connectivity index (χ4v) is 2.87. The molecular weight excluding hydrogens is 354 g/mol. The van der Waals surface area contributed by atoms with Crippen molar-refractivity contribution < 1.29 is 14.3 Å². The first-order valence-corrected chi connectivity index (χ1v) is 9.19. The maximum atomic E-state index is 12.6. The molecule has 0 fully saturated rings. The van der Waals surface area contributed by atoms with E-state index in [-0.39, 0.29) is 6.09 Å². The molecule has 1 amide bonds. The van der Waals surface area contributed by atoms with Gasteiger partial charge in [0.1, 0.15) is 17.2 Å². The maximum absolute atomic E-state index is 12.6. The maximum Gasteiger partial charge on any atom is 0.416 e. The quantitative estimate of drug-likeness (QED) is 0.800. The molecule has 2 heterocycles. The lowest BCUT2D eigenvalue weighted by Gasteiger charge is -2.24. The molecule has 1 aromatic heterocycles. The number of pyridine rings is 1. The van der Waals surface area contributed by atoms with Crippen LogP contribution in [0.1, 0.15) is 31.9 Å². The van der Waals surface area contributed by atoms with Crippen LogP contribution in [-0.2, 0) is 4.74 Å². The van der Waals surface area contributed by atoms with Crippen molar-refractivity contribution in [3.63, 3.8) is 0 Å². The molecule has 146 valence electrons. The molecule has 0 atom stereocenters. The molecule has 0 saturated carbocycles. The summed E-state index contributed by atoms with van der Waals surface area (Å²) in [5.41, 5.74) is 2.30. The Bertz CT molecular complexity index is 899. The Hall–Kier alpha value is -3.15. The number of amidine groups is 1. The van der Waals surface area contributed by atoms with Gasteiger partial charge in [-0.1, -0.05) is 12.1 Å². The summed E-state index contributed by atoms with van der Waals surface area (Å²) in [6.07, 6.45) is 5.01. The van der Waals surface area contributed by atoms with Gasteiger partial charge in [-0.15, -0.1) is 0 Å². The van der Waals surface area contributed by atoms with Crippen LogP contribution in [0.15, 0.2) is 59.9 Å². The normalized spacial score (nSPS) is 14.6. The van der Waals surface area contributed by atoms with E-state index in [4.69, 9.17) is 9.47 Å². The number of hydrogen-bond donors (Lipinski definition) is 0. The van der Waals surface area contributed by atoms with E-state index in [1.54, 1.807) is 24.4 Å². The minimum Gasteiger partial charge on any atom is -0.497 e. The minimum absolute atomic E-state index is 0.389. The summed E-state index contributed by atoms with van der Waals surface area (Å²) >= 11 is 0. The van der Waals surface area contributed by atoms with E-state index in [1.807, 2.05) is 63.2 Å². The third-order valence-electron chi connectivity index (χ3n) is 4.13. The van der Waals surface area contributed by atoms with Gasteiger partial charge in [0.15, 0.2) is 0 Å². The number of aromatic nitrogens is 1. The van der Waals surface area contributed by atoms with Gasteiger partial charge >= 0.3 is 6.09 Å². The molecule has 6 nitrogen and oxygen atoms in total. The number of nitrogens with zero attached hydrogens (tertiary/aromatic N) is 3. The molecule has 1 aliphatic rings. The molecular formula is C22H25N3O3. The second kappa shape index (κ2) is 8.25. The van der Waals surface area contributed by atoms with E-state index in [1.165, 1.54) is 0 Å². The molecule has 1 aromatic carbocycles. The van der Waals surface area contributed by atoms with Crippen LogP contribution in [0, 0.1) is 0 Å². The van der Waals surface area contributed by atoms with Crippen molar-refractivity contribution >= 4 is 17.5 Å². The highest BCUT2D eigenvalue weighted by Crippen LogP contribution is 2.27. The van der Waals surface area contributed by atoms with Gasteiger partial charge in [0.25, 0.3) is 0 Å². The predicted octanol–water partition coefficient (Wildman–Crippen LogP) is 4.17. The molecule has 0 spiro atoms. The number of carbonyl (C=O) groups is 1. The summed E-state index contributed by atoms with van der Waals surface area (Å²) < 4.78 is 10.9. The number of hydrogen-bond acceptors (Lipinski definition) is 5. The smallest absolute Gasteiger partial charge is 0.416 e. The highest BCUT2D eigenvalue weighted by atomic mass is 16.6. The van der Waals surface area contributed by atoms with Gasteiger partial charge in [-0.05, 0) is 67.8 Å². The van der Waals surface area contributed by atoms with E-state index in [9.17, 15) is 4.79 Å². The Morgan fingerprint density at radius 1 is 1.14 bits per heavy atom. The second-order valence-corrected chi connectivity index (χ2v) is 7.40. The molecule has 0 unspecified atom stereocenters. The molecule has 0 N–H and O–H groups in total. The molecule has 6 heteroatoms. The summed E-state index contributed by atoms with van der Waals surface area (Å²) in [5, 5.41) is 0. The topological polar surface area (TPSA) is 64.0 Å². The second-order valence-electron chi connectivity index (χ2n) is 7.40. The number of ether oxygens (including phenoxy) is 2. The Balaban J connectivity index is 2.00. The minimum atomic E-state index is -0.560. The van der Waals surface area contributed by atoms with Crippen molar-refractivity contribution in [3.05, 3.63) is 66.0 Å². The van der Waals surface area contributed by atoms with E-state index in [0.717, 1.165) is 22.4 Å². The zero-order chi connectivity index (χ0) is 20.1. The molecule has 2 aromatic rings. The van der Waals surface area contributed by atoms with Gasteiger partial charge in [0, 0.05) is 12.4 Å². The van der Waals surface area contributed by atoms with Gasteiger partial charge in [0.2, 0.25) is 0 Å². The lowest BCUT2D eigenvalue weighted by molar-refractivity contribution is 0.0385. The summed E-state index contributed by atoms with van der Waals surface area (Å²) in [6, 6.07) is 11.7. The van der Waals surface area contributed by atoms with Gasteiger partial charge in [-0.25, -0.2) is 4.79 Å². The monoisotopic (exact) mass is 379 g/mol. The average Bonchev–Trinajstić information content (AvgIpc) is 3.14. The third-order valence-corrected chi connectivity index (χ3v) is 4.13. The van der Waals surface area contributed by atoms with E-state index in [2.05, 4.69) is 9.98 Å². The van der Waals surface area contributed by atoms with Crippen molar-refractivity contribution in [1.82, 2.24) is 9.88 Å². The first kappa shape index (κ1) is 19.6. The summed E-state index contributed by atoms with van der Waals surface area (Å²) in [5.74, 6) is 1.35. The van der Waals surface area contributed by atoms with Gasteiger partial charge in [-0.3, -0.25) is 14.9 Å². The summed E-state index contributed by atoms with van der Waals surface area (Å²) in [7, 11) is 1.64. The van der Waals surface area contributed by atoms with E-state index < -0.39 is 5.60 Å². The number of methoxy groups -OCH3 is 1. The van der Waals surface area contributed by atoms with Crippen LogP contribution in [0.4, 0.5) is 4.79 Å². The first-order chi connectivity index (χ1) is 13.4. The molecule has 0 saturated heterocycles. The summed E-state index contributed by atoms with van der Waals surface area (Å²) in [4.78, 5) is 22.8. The van der Waals surface area contributed by atoms with Gasteiger partial charge in [-0.2, -0.15) is 0 Å². The van der Waals surface area contributed by atoms with Crippen LogP contribution < -0.4 is 4.74 Å². The number of rotatable bonds is 4. The van der Waals surface area contributed by atoms with Crippen LogP contribution >= 0.6 is 0 Å². The van der Waals surface area contributed by atoms with E-state index in [0.29, 0.717) is 18.9 Å². The number of aliphatic imine (C=N–C) groups is 1. The number of carbonyl (C=O) groups excluding carboxylic acids is 1. The van der Waals surface area contributed by atoms with Gasteiger partial charge < -0.3 is 9.47 Å². The number of amides is 1. The predicted molar refractivity (Wildman–Crippen MR) is 110 cm³/mol. The Kier molecular flexibility index (Phi) is 5.78. The highest BCUT2D eigenvalue weighted by Gasteiger charge is 2.28. The van der Waals surface area contributed by atoms with Crippen molar-refractivity contribution in [2.45, 2.75) is 26.4 Å². The van der Waals surface area contributed by atoms with Crippen LogP contribution in [0.3, 0.4) is 0 Å². The molecule has 1 aliphatic heterocycles. The lowest BCUT2D eigenvalue weighted by atomic mass is 9.98. The number of benzene rings is 1. The summed E-state index contributed by atoms with van der Waals surface area (Å²) in [6.45, 7) is 6.61. The zero-order valence-electron chi connectivity index (χ0n) is 16.7. The van der Waals surface area contributed by atoms with Crippen LogP contribution in [0.25, 0.3) is 5.57 Å². The van der Waals surface area contributed by atoms with Crippen molar-refractivity contribution in [1.29, 1.82) is 0 Å². The molecule has 0 radical (unpaired) electrons. The molecule has 0 aliphatic carbocycles. The largest absolute Gasteiger partial charge is 0.497 e. The first-order valence-electron chi connectivity index (χ1n) is 9.19. The fraction of sp³-hybridized carbons (Fsp3) is 0.318. The molecule has 0 bridgehead atoms. The standard InChI is InChI=1S/C22H25N3O3/c1-22(2,3)28-21(26)25-13-12-24-20(25)15-19(16-8-10-23-11-9-16)17-6-5-7-18(14-17)27-4/h5-11,14-15H,12-13H2,1-4H3/b19-15+. The molecule has 3 rings (SSSR count). The fourth-order valence-electron chi connectivity index (χ4n) is 2.87. The van der Waals surface area contributed by atoms with Crippen molar-refractivity contribution in [3.8, 4) is 5.75 Å². The molecule has 28 heavy (non-hydrogen) atoms. The van der Waals surface area contributed by atoms with E-state index >= 15 is 0 Å². The average molecular weight is 379 g/mol.